The molecule has 2 aromatic rings. The number of Topliss-reactive ketones (excluding diaryl/α,β-unsaturated/α-hetero) is 1. The Labute approximate surface area is 187 Å². The van der Waals surface area contributed by atoms with Gasteiger partial charge in [0.05, 0.1) is 16.1 Å². The average molecular weight is 465 g/mol. The molecular formula is C22H29FN4O4S. The van der Waals surface area contributed by atoms with Gasteiger partial charge >= 0.3 is 0 Å². The van der Waals surface area contributed by atoms with E-state index in [1.807, 2.05) is 13.8 Å². The number of benzene rings is 1. The number of nitrogens with one attached hydrogen (secondary N) is 2. The number of anilines is 2. The summed E-state index contributed by atoms with van der Waals surface area (Å²) in [6, 6.07) is 3.62. The standard InChI is InChI=1S/C22H29FN4O4S/c1-14(2)11-19(28)22(7-9-24-10-8-22)31-21-15(3)20(25-13-26-21)27-18-6-5-16(12-17(18)23)32(4,29)30/h5-6,12-14,24H,7-11H2,1-4H3,(H,25,26,27). The first-order valence-corrected chi connectivity index (χ1v) is 12.4. The summed E-state index contributed by atoms with van der Waals surface area (Å²) < 4.78 is 44.0. The maximum Gasteiger partial charge on any atom is 0.222 e. The van der Waals surface area contributed by atoms with Crippen molar-refractivity contribution in [3.63, 3.8) is 0 Å². The largest absolute Gasteiger partial charge is 0.463 e. The van der Waals surface area contributed by atoms with Gasteiger partial charge in [-0.1, -0.05) is 13.8 Å². The zero-order valence-electron chi connectivity index (χ0n) is 18.7. The molecule has 8 nitrogen and oxygen atoms in total. The lowest BCUT2D eigenvalue weighted by atomic mass is 9.84. The summed E-state index contributed by atoms with van der Waals surface area (Å²) in [7, 11) is -3.52. The minimum atomic E-state index is -3.52. The van der Waals surface area contributed by atoms with Crippen LogP contribution in [0.1, 0.15) is 38.7 Å². The van der Waals surface area contributed by atoms with Gasteiger partial charge < -0.3 is 15.4 Å². The Kier molecular flexibility index (Phi) is 7.14. The molecule has 1 aliphatic rings. The lowest BCUT2D eigenvalue weighted by molar-refractivity contribution is -0.138. The van der Waals surface area contributed by atoms with Crippen molar-refractivity contribution in [2.75, 3.05) is 24.7 Å². The van der Waals surface area contributed by atoms with Crippen LogP contribution in [0.5, 0.6) is 5.88 Å². The highest BCUT2D eigenvalue weighted by atomic mass is 32.2. The van der Waals surface area contributed by atoms with Crippen LogP contribution in [0.2, 0.25) is 0 Å². The number of ether oxygens (including phenoxy) is 1. The SMILES string of the molecule is Cc1c(Nc2ccc(S(C)(=O)=O)cc2F)ncnc1OC1(C(=O)CC(C)C)CCNCC1. The van der Waals surface area contributed by atoms with Crippen molar-refractivity contribution in [3.05, 3.63) is 35.9 Å². The van der Waals surface area contributed by atoms with Crippen LogP contribution >= 0.6 is 0 Å². The number of aromatic nitrogens is 2. The number of carbonyl (C=O) groups excluding carboxylic acids is 1. The van der Waals surface area contributed by atoms with Gasteiger partial charge in [-0.15, -0.1) is 0 Å². The minimum Gasteiger partial charge on any atom is -0.463 e. The maximum atomic E-state index is 14.5. The molecule has 2 N–H and O–H groups in total. The Morgan fingerprint density at radius 3 is 2.56 bits per heavy atom. The molecular weight excluding hydrogens is 435 g/mol. The summed E-state index contributed by atoms with van der Waals surface area (Å²) in [6.07, 6.45) is 3.78. The smallest absolute Gasteiger partial charge is 0.222 e. The van der Waals surface area contributed by atoms with E-state index in [0.29, 0.717) is 43.7 Å². The number of halogens is 1. The summed E-state index contributed by atoms with van der Waals surface area (Å²) in [5, 5.41) is 6.12. The second kappa shape index (κ2) is 9.50. The zero-order chi connectivity index (χ0) is 23.5. The summed E-state index contributed by atoms with van der Waals surface area (Å²) in [5.41, 5.74) is -0.374. The molecule has 0 amide bonds. The first-order chi connectivity index (χ1) is 15.0. The predicted octanol–water partition coefficient (Wildman–Crippen LogP) is 3.19. The topological polar surface area (TPSA) is 110 Å². The Bertz CT molecular complexity index is 1100. The molecule has 1 aromatic carbocycles. The van der Waals surface area contributed by atoms with E-state index >= 15 is 0 Å². The van der Waals surface area contributed by atoms with Crippen molar-refractivity contribution in [1.29, 1.82) is 0 Å². The third kappa shape index (κ3) is 5.42. The van der Waals surface area contributed by atoms with E-state index in [2.05, 4.69) is 20.6 Å². The van der Waals surface area contributed by atoms with Crippen LogP contribution in [0.25, 0.3) is 0 Å². The molecule has 1 aliphatic heterocycles. The minimum absolute atomic E-state index is 0.0453. The predicted molar refractivity (Wildman–Crippen MR) is 119 cm³/mol. The number of carbonyl (C=O) groups is 1. The molecule has 10 heteroatoms. The number of nitrogens with zero attached hydrogens (tertiary/aromatic N) is 2. The molecule has 174 valence electrons. The third-order valence-electron chi connectivity index (χ3n) is 5.46. The van der Waals surface area contributed by atoms with Crippen LogP contribution in [0, 0.1) is 18.7 Å². The van der Waals surface area contributed by atoms with Crippen LogP contribution < -0.4 is 15.4 Å². The van der Waals surface area contributed by atoms with Crippen LogP contribution in [-0.2, 0) is 14.6 Å². The van der Waals surface area contributed by atoms with E-state index in [1.54, 1.807) is 6.92 Å². The van der Waals surface area contributed by atoms with Gasteiger partial charge in [-0.2, -0.15) is 0 Å². The molecule has 0 unspecified atom stereocenters. The zero-order valence-corrected chi connectivity index (χ0v) is 19.6. The van der Waals surface area contributed by atoms with Crippen molar-refractivity contribution in [2.45, 2.75) is 50.5 Å². The Balaban J connectivity index is 1.89. The molecule has 1 fully saturated rings. The number of piperidine rings is 1. The fourth-order valence-electron chi connectivity index (χ4n) is 3.63. The second-order valence-electron chi connectivity index (χ2n) is 8.56. The average Bonchev–Trinajstić information content (AvgIpc) is 2.71. The van der Waals surface area contributed by atoms with Crippen LogP contribution in [0.15, 0.2) is 29.4 Å². The number of rotatable bonds is 8. The van der Waals surface area contributed by atoms with Crippen LogP contribution in [0.3, 0.4) is 0 Å². The van der Waals surface area contributed by atoms with Gasteiger partial charge in [0.1, 0.15) is 18.0 Å². The van der Waals surface area contributed by atoms with E-state index in [4.69, 9.17) is 4.74 Å². The lowest BCUT2D eigenvalue weighted by Gasteiger charge is -2.37. The molecule has 0 bridgehead atoms. The molecule has 0 radical (unpaired) electrons. The number of ketones is 1. The summed E-state index contributed by atoms with van der Waals surface area (Å²) in [5.74, 6) is 0.0924. The number of hydrogen-bond donors (Lipinski definition) is 2. The highest BCUT2D eigenvalue weighted by molar-refractivity contribution is 7.90. The first-order valence-electron chi connectivity index (χ1n) is 10.5. The first kappa shape index (κ1) is 24.1. The van der Waals surface area contributed by atoms with E-state index in [0.717, 1.165) is 12.3 Å². The van der Waals surface area contributed by atoms with Crippen molar-refractivity contribution in [1.82, 2.24) is 15.3 Å². The Hall–Kier alpha value is -2.59. The maximum absolute atomic E-state index is 14.5. The molecule has 0 spiro atoms. The fourth-order valence-corrected chi connectivity index (χ4v) is 4.26. The molecule has 0 atom stereocenters. The van der Waals surface area contributed by atoms with Crippen molar-refractivity contribution < 1.29 is 22.3 Å². The van der Waals surface area contributed by atoms with Crippen LogP contribution in [-0.4, -0.2) is 49.1 Å². The lowest BCUT2D eigenvalue weighted by Crippen LogP contribution is -2.52. The molecule has 0 aliphatic carbocycles. The summed E-state index contributed by atoms with van der Waals surface area (Å²) in [6.45, 7) is 7.04. The fraction of sp³-hybridized carbons (Fsp3) is 0.500. The number of hydrogen-bond acceptors (Lipinski definition) is 8. The quantitative estimate of drug-likeness (QED) is 0.613. The van der Waals surface area contributed by atoms with Gasteiger partial charge in [-0.25, -0.2) is 22.8 Å². The van der Waals surface area contributed by atoms with Gasteiger partial charge in [0.2, 0.25) is 5.88 Å². The molecule has 0 saturated carbocycles. The normalized spacial score (nSPS) is 16.1. The molecule has 2 heterocycles. The van der Waals surface area contributed by atoms with E-state index < -0.39 is 21.3 Å². The van der Waals surface area contributed by atoms with Gasteiger partial charge in [-0.3, -0.25) is 4.79 Å². The van der Waals surface area contributed by atoms with E-state index in [-0.39, 0.29) is 28.2 Å². The molecule has 1 aromatic heterocycles. The molecule has 3 rings (SSSR count). The van der Waals surface area contributed by atoms with Gasteiger partial charge in [0.15, 0.2) is 21.2 Å². The third-order valence-corrected chi connectivity index (χ3v) is 6.57. The van der Waals surface area contributed by atoms with Gasteiger partial charge in [0.25, 0.3) is 0 Å². The highest BCUT2D eigenvalue weighted by Crippen LogP contribution is 2.33. The van der Waals surface area contributed by atoms with Crippen LogP contribution in [0.4, 0.5) is 15.9 Å². The van der Waals surface area contributed by atoms with Gasteiger partial charge in [0, 0.05) is 25.5 Å². The second-order valence-corrected chi connectivity index (χ2v) is 10.6. The highest BCUT2D eigenvalue weighted by Gasteiger charge is 2.42. The van der Waals surface area contributed by atoms with Crippen molar-refractivity contribution in [2.24, 2.45) is 5.92 Å². The summed E-state index contributed by atoms with van der Waals surface area (Å²) in [4.78, 5) is 21.4. The van der Waals surface area contributed by atoms with Crippen molar-refractivity contribution in [3.8, 4) is 5.88 Å². The Morgan fingerprint density at radius 1 is 1.28 bits per heavy atom. The van der Waals surface area contributed by atoms with Crippen molar-refractivity contribution >= 4 is 27.1 Å². The molecule has 32 heavy (non-hydrogen) atoms. The number of sulfone groups is 1. The monoisotopic (exact) mass is 464 g/mol. The Morgan fingerprint density at radius 2 is 1.97 bits per heavy atom. The molecule has 1 saturated heterocycles. The summed E-state index contributed by atoms with van der Waals surface area (Å²) >= 11 is 0. The van der Waals surface area contributed by atoms with Gasteiger partial charge in [-0.05, 0) is 44.1 Å². The van der Waals surface area contributed by atoms with E-state index in [1.165, 1.54) is 18.5 Å². The van der Waals surface area contributed by atoms with E-state index in [9.17, 15) is 17.6 Å².